The monoisotopic (exact) mass is 410 g/mol. The average Bonchev–Trinajstić information content (AvgIpc) is 3.02. The number of hydrogen-bond donors (Lipinski definition) is 1. The maximum atomic E-state index is 6.14. The molecule has 3 aromatic rings. The second-order valence-corrected chi connectivity index (χ2v) is 9.93. The van der Waals surface area contributed by atoms with Crippen LogP contribution in [0.1, 0.15) is 52.3 Å². The summed E-state index contributed by atoms with van der Waals surface area (Å²) in [5.41, 5.74) is 4.30. The molecule has 0 aliphatic carbocycles. The minimum Gasteiger partial charge on any atom is -0.306 e. The first-order valence-corrected chi connectivity index (χ1v) is 10.5. The number of rotatable bonds is 7. The molecule has 0 fully saturated rings. The van der Waals surface area contributed by atoms with Crippen LogP contribution in [-0.4, -0.2) is 20.5 Å². The third-order valence-corrected chi connectivity index (χ3v) is 4.93. The van der Waals surface area contributed by atoms with Gasteiger partial charge in [-0.05, 0) is 43.4 Å². The Hall–Kier alpha value is -2.17. The highest BCUT2D eigenvalue weighted by molar-refractivity contribution is 6.30. The lowest BCUT2D eigenvalue weighted by atomic mass is 9.82. The van der Waals surface area contributed by atoms with Gasteiger partial charge in [0.05, 0.1) is 6.54 Å². The molecule has 0 saturated carbocycles. The molecule has 0 unspecified atom stereocenters. The number of nitrogens with zero attached hydrogens (tertiary/aromatic N) is 3. The van der Waals surface area contributed by atoms with E-state index in [0.29, 0.717) is 13.1 Å². The van der Waals surface area contributed by atoms with Gasteiger partial charge in [0.25, 0.3) is 0 Å². The summed E-state index contributed by atoms with van der Waals surface area (Å²) in [4.78, 5) is 1.77. The maximum absolute atomic E-state index is 6.14. The molecule has 2 aromatic carbocycles. The number of halogens is 1. The third-order valence-electron chi connectivity index (χ3n) is 4.69. The van der Waals surface area contributed by atoms with E-state index in [0.717, 1.165) is 34.0 Å². The van der Waals surface area contributed by atoms with E-state index in [-0.39, 0.29) is 11.0 Å². The molecule has 0 spiro atoms. The zero-order chi connectivity index (χ0) is 21.1. The Morgan fingerprint density at radius 1 is 0.931 bits per heavy atom. The average molecular weight is 411 g/mol. The molecule has 1 heterocycles. The van der Waals surface area contributed by atoms with Crippen LogP contribution in [0, 0.1) is 5.41 Å². The van der Waals surface area contributed by atoms with E-state index in [2.05, 4.69) is 52.1 Å². The van der Waals surface area contributed by atoms with Crippen molar-refractivity contribution in [1.82, 2.24) is 20.3 Å². The van der Waals surface area contributed by atoms with Crippen molar-refractivity contribution in [1.29, 1.82) is 0 Å². The Morgan fingerprint density at radius 3 is 2.31 bits per heavy atom. The number of aromatic nitrogens is 3. The summed E-state index contributed by atoms with van der Waals surface area (Å²) in [6.45, 7) is 12.6. The van der Waals surface area contributed by atoms with Crippen molar-refractivity contribution in [3.05, 3.63) is 70.9 Å². The summed E-state index contributed by atoms with van der Waals surface area (Å²) in [7, 11) is 0. The normalized spacial score (nSPS) is 12.3. The molecule has 0 amide bonds. The van der Waals surface area contributed by atoms with Crippen LogP contribution in [0.3, 0.4) is 0 Å². The molecule has 0 radical (unpaired) electrons. The van der Waals surface area contributed by atoms with Crippen molar-refractivity contribution in [3.63, 3.8) is 0 Å². The first-order valence-electron chi connectivity index (χ1n) is 10.1. The molecular formula is C24H31ClN4. The van der Waals surface area contributed by atoms with E-state index in [9.17, 15) is 0 Å². The van der Waals surface area contributed by atoms with E-state index in [1.54, 1.807) is 4.80 Å². The van der Waals surface area contributed by atoms with Gasteiger partial charge in [-0.3, -0.25) is 0 Å². The molecule has 29 heavy (non-hydrogen) atoms. The van der Waals surface area contributed by atoms with Crippen LogP contribution in [0.25, 0.3) is 11.3 Å². The lowest BCUT2D eigenvalue weighted by Gasteiger charge is -2.33. The number of benzene rings is 2. The SMILES string of the molecule is CC(C)(C)CC(C)(C)NCc1nn(Cc2cccc(Cl)c2)nc1-c1ccccc1. The molecular weight excluding hydrogens is 380 g/mol. The van der Waals surface area contributed by atoms with Crippen molar-refractivity contribution < 1.29 is 0 Å². The predicted molar refractivity (Wildman–Crippen MR) is 121 cm³/mol. The fourth-order valence-electron chi connectivity index (χ4n) is 3.90. The zero-order valence-corrected chi connectivity index (χ0v) is 18.8. The summed E-state index contributed by atoms with van der Waals surface area (Å²) in [5, 5.41) is 14.0. The molecule has 0 bridgehead atoms. The summed E-state index contributed by atoms with van der Waals surface area (Å²) >= 11 is 6.14. The Bertz CT molecular complexity index is 939. The van der Waals surface area contributed by atoms with Gasteiger partial charge in [-0.15, -0.1) is 0 Å². The summed E-state index contributed by atoms with van der Waals surface area (Å²) in [6, 6.07) is 18.1. The van der Waals surface area contributed by atoms with Gasteiger partial charge in [0.1, 0.15) is 11.4 Å². The van der Waals surface area contributed by atoms with Crippen molar-refractivity contribution in [2.75, 3.05) is 0 Å². The molecule has 5 heteroatoms. The van der Waals surface area contributed by atoms with Gasteiger partial charge in [-0.1, -0.05) is 74.8 Å². The van der Waals surface area contributed by atoms with Crippen LogP contribution < -0.4 is 5.32 Å². The highest BCUT2D eigenvalue weighted by Crippen LogP contribution is 2.28. The second-order valence-electron chi connectivity index (χ2n) is 9.50. The highest BCUT2D eigenvalue weighted by Gasteiger charge is 2.26. The highest BCUT2D eigenvalue weighted by atomic mass is 35.5. The van der Waals surface area contributed by atoms with Gasteiger partial charge >= 0.3 is 0 Å². The van der Waals surface area contributed by atoms with Gasteiger partial charge in [0.2, 0.25) is 0 Å². The van der Waals surface area contributed by atoms with E-state index in [1.165, 1.54) is 0 Å². The van der Waals surface area contributed by atoms with Gasteiger partial charge < -0.3 is 5.32 Å². The smallest absolute Gasteiger partial charge is 0.117 e. The van der Waals surface area contributed by atoms with Crippen LogP contribution in [-0.2, 0) is 13.1 Å². The minimum atomic E-state index is 0.00292. The number of nitrogens with one attached hydrogen (secondary N) is 1. The van der Waals surface area contributed by atoms with Crippen molar-refractivity contribution >= 4 is 11.6 Å². The van der Waals surface area contributed by atoms with Crippen molar-refractivity contribution in [3.8, 4) is 11.3 Å². The van der Waals surface area contributed by atoms with Gasteiger partial charge in [0, 0.05) is 22.7 Å². The second kappa shape index (κ2) is 8.68. The molecule has 0 aliphatic heterocycles. The predicted octanol–water partition coefficient (Wildman–Crippen LogP) is 5.95. The first kappa shape index (κ1) is 21.5. The van der Waals surface area contributed by atoms with Crippen LogP contribution in [0.15, 0.2) is 54.6 Å². The van der Waals surface area contributed by atoms with Crippen LogP contribution in [0.2, 0.25) is 5.02 Å². The van der Waals surface area contributed by atoms with E-state index < -0.39 is 0 Å². The molecule has 1 N–H and O–H groups in total. The fourth-order valence-corrected chi connectivity index (χ4v) is 4.12. The largest absolute Gasteiger partial charge is 0.306 e. The molecule has 0 atom stereocenters. The topological polar surface area (TPSA) is 42.7 Å². The van der Waals surface area contributed by atoms with Crippen LogP contribution in [0.4, 0.5) is 0 Å². The van der Waals surface area contributed by atoms with Crippen LogP contribution >= 0.6 is 11.6 Å². The molecule has 0 saturated heterocycles. The Morgan fingerprint density at radius 2 is 1.66 bits per heavy atom. The van der Waals surface area contributed by atoms with Crippen molar-refractivity contribution in [2.24, 2.45) is 5.41 Å². The Labute approximate surface area is 179 Å². The summed E-state index contributed by atoms with van der Waals surface area (Å²) in [5.74, 6) is 0. The van der Waals surface area contributed by atoms with E-state index in [4.69, 9.17) is 21.8 Å². The molecule has 0 aliphatic rings. The number of hydrogen-bond acceptors (Lipinski definition) is 3. The summed E-state index contributed by atoms with van der Waals surface area (Å²) in [6.07, 6.45) is 1.07. The van der Waals surface area contributed by atoms with Gasteiger partial charge in [0.15, 0.2) is 0 Å². The first-order chi connectivity index (χ1) is 13.6. The zero-order valence-electron chi connectivity index (χ0n) is 18.0. The van der Waals surface area contributed by atoms with Crippen molar-refractivity contribution in [2.45, 2.75) is 59.7 Å². The molecule has 4 nitrogen and oxygen atoms in total. The minimum absolute atomic E-state index is 0.00292. The Kier molecular flexibility index (Phi) is 6.45. The quantitative estimate of drug-likeness (QED) is 0.523. The van der Waals surface area contributed by atoms with Gasteiger partial charge in [-0.2, -0.15) is 15.0 Å². The molecule has 154 valence electrons. The van der Waals surface area contributed by atoms with Gasteiger partial charge in [-0.25, -0.2) is 0 Å². The third kappa shape index (κ3) is 6.41. The van der Waals surface area contributed by atoms with Crippen LogP contribution in [0.5, 0.6) is 0 Å². The maximum Gasteiger partial charge on any atom is 0.117 e. The fraction of sp³-hybridized carbons (Fsp3) is 0.417. The Balaban J connectivity index is 1.85. The standard InChI is InChI=1S/C24H31ClN4/c1-23(2,3)17-24(4,5)26-15-21-22(19-11-7-6-8-12-19)28-29(27-21)16-18-10-9-13-20(25)14-18/h6-14,26H,15-17H2,1-5H3. The summed E-state index contributed by atoms with van der Waals surface area (Å²) < 4.78 is 0. The molecule has 1 aromatic heterocycles. The van der Waals surface area contributed by atoms with E-state index >= 15 is 0 Å². The van der Waals surface area contributed by atoms with E-state index in [1.807, 2.05) is 42.5 Å². The lowest BCUT2D eigenvalue weighted by molar-refractivity contribution is 0.240. The lowest BCUT2D eigenvalue weighted by Crippen LogP contribution is -2.42. The molecule has 3 rings (SSSR count).